The van der Waals surface area contributed by atoms with Crippen LogP contribution in [0.2, 0.25) is 10.0 Å². The van der Waals surface area contributed by atoms with Gasteiger partial charge in [-0.1, -0.05) is 97.1 Å². The molecule has 0 saturated heterocycles. The van der Waals surface area contributed by atoms with Gasteiger partial charge < -0.3 is 10.2 Å². The van der Waals surface area contributed by atoms with E-state index in [4.69, 9.17) is 23.2 Å². The minimum atomic E-state index is -4.28. The summed E-state index contributed by atoms with van der Waals surface area (Å²) in [6.45, 7) is -0.694. The standard InChI is InChI=1S/C36H36Cl2FN3O4S/c37-32-21-16-27(22-33(32)38)24-41(34(23-26-10-4-1-5-11-26)36(44)40-29-12-6-2-7-13-29)35(43)25-42(30-19-17-28(39)18-20-30)47(45,46)31-14-8-3-9-15-31/h1,3-5,8-11,14-22,29,34H,2,6-7,12-13,23-25H2,(H,40,44)/t34-/m0/s1. The molecule has 47 heavy (non-hydrogen) atoms. The Morgan fingerprint density at radius 3 is 2.09 bits per heavy atom. The summed E-state index contributed by atoms with van der Waals surface area (Å²) in [5, 5.41) is 3.79. The zero-order chi connectivity index (χ0) is 33.4. The Balaban J connectivity index is 1.56. The van der Waals surface area contributed by atoms with Gasteiger partial charge in [0.1, 0.15) is 18.4 Å². The van der Waals surface area contributed by atoms with Crippen molar-refractivity contribution in [2.75, 3.05) is 10.8 Å². The predicted octanol–water partition coefficient (Wildman–Crippen LogP) is 7.42. The number of sulfonamides is 1. The first-order chi connectivity index (χ1) is 22.6. The van der Waals surface area contributed by atoms with Crippen LogP contribution in [0.5, 0.6) is 0 Å². The molecule has 246 valence electrons. The highest BCUT2D eigenvalue weighted by atomic mass is 35.5. The largest absolute Gasteiger partial charge is 0.352 e. The minimum absolute atomic E-state index is 0.0226. The smallest absolute Gasteiger partial charge is 0.264 e. The quantitative estimate of drug-likeness (QED) is 0.167. The van der Waals surface area contributed by atoms with Crippen LogP contribution in [0.15, 0.2) is 108 Å². The van der Waals surface area contributed by atoms with Crippen molar-refractivity contribution in [2.24, 2.45) is 0 Å². The lowest BCUT2D eigenvalue weighted by Crippen LogP contribution is -2.55. The van der Waals surface area contributed by atoms with Gasteiger partial charge in [0.05, 0.1) is 20.6 Å². The summed E-state index contributed by atoms with van der Waals surface area (Å²) in [6, 6.07) is 25.9. The molecule has 11 heteroatoms. The molecule has 0 aromatic heterocycles. The van der Waals surface area contributed by atoms with Crippen LogP contribution in [-0.2, 0) is 32.6 Å². The van der Waals surface area contributed by atoms with E-state index in [1.54, 1.807) is 36.4 Å². The van der Waals surface area contributed by atoms with Gasteiger partial charge in [0.25, 0.3) is 10.0 Å². The molecular weight excluding hydrogens is 660 g/mol. The van der Waals surface area contributed by atoms with Crippen molar-refractivity contribution in [3.8, 4) is 0 Å². The van der Waals surface area contributed by atoms with E-state index in [1.165, 1.54) is 29.2 Å². The zero-order valence-electron chi connectivity index (χ0n) is 25.7. The molecule has 0 spiro atoms. The fourth-order valence-corrected chi connectivity index (χ4v) is 7.54. The lowest BCUT2D eigenvalue weighted by atomic mass is 9.94. The number of carbonyl (C=O) groups is 2. The molecule has 1 atom stereocenters. The van der Waals surface area contributed by atoms with Crippen LogP contribution in [0, 0.1) is 5.82 Å². The Hall–Kier alpha value is -3.92. The number of benzene rings is 4. The van der Waals surface area contributed by atoms with Crippen LogP contribution < -0.4 is 9.62 Å². The van der Waals surface area contributed by atoms with E-state index < -0.39 is 34.3 Å². The van der Waals surface area contributed by atoms with Gasteiger partial charge >= 0.3 is 0 Å². The number of nitrogens with zero attached hydrogens (tertiary/aromatic N) is 2. The van der Waals surface area contributed by atoms with Crippen LogP contribution in [0.3, 0.4) is 0 Å². The van der Waals surface area contributed by atoms with Crippen molar-refractivity contribution in [3.63, 3.8) is 0 Å². The van der Waals surface area contributed by atoms with Crippen molar-refractivity contribution in [3.05, 3.63) is 130 Å². The van der Waals surface area contributed by atoms with Gasteiger partial charge in [-0.3, -0.25) is 13.9 Å². The van der Waals surface area contributed by atoms with Crippen molar-refractivity contribution in [2.45, 2.75) is 62.0 Å². The lowest BCUT2D eigenvalue weighted by Gasteiger charge is -2.35. The molecule has 1 saturated carbocycles. The maximum Gasteiger partial charge on any atom is 0.264 e. The Morgan fingerprint density at radius 1 is 0.809 bits per heavy atom. The molecule has 0 bridgehead atoms. The lowest BCUT2D eigenvalue weighted by molar-refractivity contribution is -0.140. The third kappa shape index (κ3) is 8.91. The van der Waals surface area contributed by atoms with Crippen molar-refractivity contribution in [1.82, 2.24) is 10.2 Å². The average molecular weight is 697 g/mol. The molecule has 0 aliphatic heterocycles. The molecule has 0 heterocycles. The van der Waals surface area contributed by atoms with Crippen molar-refractivity contribution < 1.29 is 22.4 Å². The molecule has 2 amide bonds. The fourth-order valence-electron chi connectivity index (χ4n) is 5.79. The zero-order valence-corrected chi connectivity index (χ0v) is 28.0. The molecule has 0 unspecified atom stereocenters. The Labute approximate surface area is 285 Å². The van der Waals surface area contributed by atoms with Gasteiger partial charge in [-0.05, 0) is 72.5 Å². The molecule has 1 aliphatic rings. The number of anilines is 1. The van der Waals surface area contributed by atoms with Gasteiger partial charge in [0.2, 0.25) is 11.8 Å². The minimum Gasteiger partial charge on any atom is -0.352 e. The molecule has 5 rings (SSSR count). The molecular formula is C36H36Cl2FN3O4S. The first-order valence-electron chi connectivity index (χ1n) is 15.5. The van der Waals surface area contributed by atoms with Gasteiger partial charge in [-0.2, -0.15) is 0 Å². The van der Waals surface area contributed by atoms with Crippen LogP contribution >= 0.6 is 23.2 Å². The van der Waals surface area contributed by atoms with Gasteiger partial charge in [0, 0.05) is 19.0 Å². The van der Waals surface area contributed by atoms with Crippen LogP contribution in [0.25, 0.3) is 0 Å². The highest BCUT2D eigenvalue weighted by Crippen LogP contribution is 2.27. The van der Waals surface area contributed by atoms with Crippen molar-refractivity contribution in [1.29, 1.82) is 0 Å². The van der Waals surface area contributed by atoms with E-state index in [9.17, 15) is 22.4 Å². The van der Waals surface area contributed by atoms with E-state index >= 15 is 0 Å². The van der Waals surface area contributed by atoms with E-state index in [-0.39, 0.29) is 40.5 Å². The Bertz CT molecular complexity index is 1770. The number of rotatable bonds is 12. The fraction of sp³-hybridized carbons (Fsp3) is 0.278. The van der Waals surface area contributed by atoms with Gasteiger partial charge in [0.15, 0.2) is 0 Å². The molecule has 1 N–H and O–H groups in total. The van der Waals surface area contributed by atoms with Crippen LogP contribution in [0.1, 0.15) is 43.2 Å². The van der Waals surface area contributed by atoms with Crippen LogP contribution in [-0.4, -0.2) is 43.8 Å². The number of hydrogen-bond acceptors (Lipinski definition) is 4. The number of amides is 2. The summed E-state index contributed by atoms with van der Waals surface area (Å²) in [7, 11) is -4.28. The molecule has 4 aromatic rings. The molecule has 4 aromatic carbocycles. The summed E-state index contributed by atoms with van der Waals surface area (Å²) in [4.78, 5) is 30.1. The average Bonchev–Trinajstić information content (AvgIpc) is 3.08. The number of carbonyl (C=O) groups excluding carboxylic acids is 2. The summed E-state index contributed by atoms with van der Waals surface area (Å²) in [5.41, 5.74) is 1.54. The molecule has 7 nitrogen and oxygen atoms in total. The monoisotopic (exact) mass is 695 g/mol. The van der Waals surface area contributed by atoms with Gasteiger partial charge in [-0.25, -0.2) is 12.8 Å². The second kappa shape index (κ2) is 15.8. The first kappa shape index (κ1) is 34.4. The van der Waals surface area contributed by atoms with E-state index in [2.05, 4.69) is 5.32 Å². The van der Waals surface area contributed by atoms with Gasteiger partial charge in [-0.15, -0.1) is 0 Å². The summed E-state index contributed by atoms with van der Waals surface area (Å²) in [6.07, 6.45) is 5.00. The highest BCUT2D eigenvalue weighted by molar-refractivity contribution is 7.92. The first-order valence-corrected chi connectivity index (χ1v) is 17.7. The maximum absolute atomic E-state index is 14.6. The van der Waals surface area contributed by atoms with Crippen LogP contribution in [0.4, 0.5) is 10.1 Å². The normalized spacial score (nSPS) is 14.3. The third-order valence-corrected chi connectivity index (χ3v) is 10.8. The second-order valence-electron chi connectivity index (χ2n) is 11.6. The van der Waals surface area contributed by atoms with E-state index in [0.717, 1.165) is 54.1 Å². The molecule has 0 radical (unpaired) electrons. The summed E-state index contributed by atoms with van der Waals surface area (Å²) >= 11 is 12.5. The van der Waals surface area contributed by atoms with Crippen molar-refractivity contribution >= 4 is 50.7 Å². The summed E-state index contributed by atoms with van der Waals surface area (Å²) in [5.74, 6) is -1.51. The maximum atomic E-state index is 14.6. The molecule has 1 fully saturated rings. The predicted molar refractivity (Wildman–Crippen MR) is 183 cm³/mol. The number of hydrogen-bond donors (Lipinski definition) is 1. The number of halogens is 3. The topological polar surface area (TPSA) is 86.8 Å². The second-order valence-corrected chi connectivity index (χ2v) is 14.3. The Kier molecular flexibility index (Phi) is 11.6. The van der Waals surface area contributed by atoms with E-state index in [0.29, 0.717) is 10.6 Å². The SMILES string of the molecule is O=C(NC1CCCCC1)[C@H](Cc1ccccc1)N(Cc1ccc(Cl)c(Cl)c1)C(=O)CN(c1ccc(F)cc1)S(=O)(=O)c1ccccc1. The van der Waals surface area contributed by atoms with E-state index in [1.807, 2.05) is 30.3 Å². The third-order valence-electron chi connectivity index (χ3n) is 8.28. The highest BCUT2D eigenvalue weighted by Gasteiger charge is 2.35. The number of nitrogens with one attached hydrogen (secondary N) is 1. The molecule has 1 aliphatic carbocycles. The summed E-state index contributed by atoms with van der Waals surface area (Å²) < 4.78 is 42.9. The Morgan fingerprint density at radius 2 is 1.45 bits per heavy atom.